The van der Waals surface area contributed by atoms with Crippen molar-refractivity contribution in [2.75, 3.05) is 13.2 Å². The van der Waals surface area contributed by atoms with Crippen LogP contribution in [0.1, 0.15) is 335 Å². The van der Waals surface area contributed by atoms with Gasteiger partial charge in [-0.2, -0.15) is 0 Å². The van der Waals surface area contributed by atoms with Crippen molar-refractivity contribution in [3.05, 3.63) is 109 Å². The van der Waals surface area contributed by atoms with Crippen LogP contribution in [0.4, 0.5) is 0 Å². The normalized spacial score (nSPS) is 12.8. The van der Waals surface area contributed by atoms with Gasteiger partial charge in [0.2, 0.25) is 0 Å². The Morgan fingerprint density at radius 1 is 0.256 bits per heavy atom. The van der Waals surface area contributed by atoms with Crippen molar-refractivity contribution in [1.82, 2.24) is 0 Å². The van der Waals surface area contributed by atoms with E-state index in [0.717, 1.165) is 128 Å². The van der Waals surface area contributed by atoms with E-state index in [4.69, 9.17) is 14.2 Å². The third kappa shape index (κ3) is 66.9. The molecule has 0 N–H and O–H groups in total. The van der Waals surface area contributed by atoms with Crippen molar-refractivity contribution in [3.8, 4) is 0 Å². The molecule has 1 atom stereocenters. The highest BCUT2D eigenvalue weighted by Crippen LogP contribution is 2.17. The molecule has 82 heavy (non-hydrogen) atoms. The van der Waals surface area contributed by atoms with E-state index in [2.05, 4.69) is 130 Å². The topological polar surface area (TPSA) is 78.9 Å². The lowest BCUT2D eigenvalue weighted by Gasteiger charge is -2.18. The largest absolute Gasteiger partial charge is 0.462 e. The third-order valence-corrected chi connectivity index (χ3v) is 15.0. The number of unbranched alkanes of at least 4 members (excludes halogenated alkanes) is 34. The Kier molecular flexibility index (Phi) is 66.2. The minimum absolute atomic E-state index is 0.0849. The van der Waals surface area contributed by atoms with E-state index in [0.29, 0.717) is 19.3 Å². The lowest BCUT2D eigenvalue weighted by molar-refractivity contribution is -0.167. The van der Waals surface area contributed by atoms with Crippen LogP contribution in [-0.2, 0) is 28.6 Å². The zero-order valence-corrected chi connectivity index (χ0v) is 54.0. The average Bonchev–Trinajstić information content (AvgIpc) is 3.47. The highest BCUT2D eigenvalue weighted by molar-refractivity contribution is 5.71. The van der Waals surface area contributed by atoms with E-state index in [1.54, 1.807) is 0 Å². The predicted octanol–water partition coefficient (Wildman–Crippen LogP) is 24.2. The molecule has 0 radical (unpaired) electrons. The lowest BCUT2D eigenvalue weighted by atomic mass is 10.0. The molecule has 0 rings (SSSR count). The number of rotatable bonds is 63. The second kappa shape index (κ2) is 69.6. The molecular formula is C76H130O6. The van der Waals surface area contributed by atoms with E-state index in [1.165, 1.54) is 167 Å². The average molecular weight is 1140 g/mol. The number of ether oxygens (including phenoxy) is 3. The van der Waals surface area contributed by atoms with Crippen molar-refractivity contribution in [2.24, 2.45) is 0 Å². The molecule has 6 heteroatoms. The van der Waals surface area contributed by atoms with Gasteiger partial charge in [-0.3, -0.25) is 14.4 Å². The maximum Gasteiger partial charge on any atom is 0.306 e. The fourth-order valence-corrected chi connectivity index (χ4v) is 9.83. The molecule has 6 nitrogen and oxygen atoms in total. The first-order chi connectivity index (χ1) is 40.5. The van der Waals surface area contributed by atoms with Crippen LogP contribution < -0.4 is 0 Å². The number of hydrogen-bond donors (Lipinski definition) is 0. The number of carbonyl (C=O) groups is 3. The van der Waals surface area contributed by atoms with Crippen LogP contribution in [-0.4, -0.2) is 37.2 Å². The van der Waals surface area contributed by atoms with Crippen LogP contribution in [0.3, 0.4) is 0 Å². The summed E-state index contributed by atoms with van der Waals surface area (Å²) in [6, 6.07) is 0. The summed E-state index contributed by atoms with van der Waals surface area (Å²) in [5.74, 6) is -0.894. The maximum atomic E-state index is 12.9. The summed E-state index contributed by atoms with van der Waals surface area (Å²) >= 11 is 0. The van der Waals surface area contributed by atoms with Crippen LogP contribution in [0.2, 0.25) is 0 Å². The van der Waals surface area contributed by atoms with Crippen LogP contribution >= 0.6 is 0 Å². The van der Waals surface area contributed by atoms with E-state index in [9.17, 15) is 14.4 Å². The fraction of sp³-hybridized carbons (Fsp3) is 0.724. The maximum absolute atomic E-state index is 12.9. The Morgan fingerprint density at radius 2 is 0.476 bits per heavy atom. The summed E-state index contributed by atoms with van der Waals surface area (Å²) in [5.41, 5.74) is 0. The number of hydrogen-bond acceptors (Lipinski definition) is 6. The number of carbonyl (C=O) groups excluding carboxylic acids is 3. The molecule has 0 saturated carbocycles. The Bertz CT molecular complexity index is 1640. The summed E-state index contributed by atoms with van der Waals surface area (Å²) in [6.07, 6.45) is 95.4. The highest BCUT2D eigenvalue weighted by atomic mass is 16.6. The SMILES string of the molecule is CC/C=C\C/C=C\C/C=C\C/C=C\CCCCCCCCCCCCCCCCCCC(=O)OCC(COC(=O)CCCCCCC/C=C\CCCCCCCCC)OC(=O)CCCCCCCC/C=C\C/C=C\C/C=C\C/C=C\CC. The molecular weight excluding hydrogens is 1010 g/mol. The second-order valence-electron chi connectivity index (χ2n) is 23.0. The monoisotopic (exact) mass is 1140 g/mol. The molecule has 0 aromatic carbocycles. The van der Waals surface area contributed by atoms with Gasteiger partial charge in [-0.15, -0.1) is 0 Å². The van der Waals surface area contributed by atoms with Gasteiger partial charge in [-0.25, -0.2) is 0 Å². The zero-order chi connectivity index (χ0) is 59.2. The minimum atomic E-state index is -0.791. The van der Waals surface area contributed by atoms with Crippen LogP contribution in [0.5, 0.6) is 0 Å². The van der Waals surface area contributed by atoms with Crippen LogP contribution in [0, 0.1) is 0 Å². The van der Waals surface area contributed by atoms with Crippen molar-refractivity contribution in [1.29, 1.82) is 0 Å². The second-order valence-corrected chi connectivity index (χ2v) is 23.0. The smallest absolute Gasteiger partial charge is 0.306 e. The molecule has 0 heterocycles. The van der Waals surface area contributed by atoms with Crippen molar-refractivity contribution in [3.63, 3.8) is 0 Å². The van der Waals surface area contributed by atoms with Crippen molar-refractivity contribution >= 4 is 17.9 Å². The van der Waals surface area contributed by atoms with E-state index >= 15 is 0 Å². The Labute approximate surface area is 508 Å². The summed E-state index contributed by atoms with van der Waals surface area (Å²) in [4.78, 5) is 38.4. The first-order valence-corrected chi connectivity index (χ1v) is 34.9. The van der Waals surface area contributed by atoms with Crippen LogP contribution in [0.15, 0.2) is 109 Å². The van der Waals surface area contributed by atoms with Gasteiger partial charge in [0.15, 0.2) is 6.10 Å². The predicted molar refractivity (Wildman–Crippen MR) is 357 cm³/mol. The Balaban J connectivity index is 4.31. The lowest BCUT2D eigenvalue weighted by Crippen LogP contribution is -2.30. The summed E-state index contributed by atoms with van der Waals surface area (Å²) in [7, 11) is 0. The van der Waals surface area contributed by atoms with E-state index < -0.39 is 6.10 Å². The van der Waals surface area contributed by atoms with Gasteiger partial charge in [-0.05, 0) is 122 Å². The van der Waals surface area contributed by atoms with Gasteiger partial charge in [0.25, 0.3) is 0 Å². The fourth-order valence-electron chi connectivity index (χ4n) is 9.83. The molecule has 0 fully saturated rings. The molecule has 0 bridgehead atoms. The molecule has 0 amide bonds. The molecule has 470 valence electrons. The molecule has 0 aromatic rings. The molecule has 0 saturated heterocycles. The standard InChI is InChI=1S/C76H130O6/c1-4-7-10-13-16-19-22-25-28-31-33-34-35-36-37-38-39-40-41-42-44-45-48-51-54-57-60-63-66-69-75(78)81-72-73(71-80-74(77)68-65-62-59-56-53-50-47-30-27-24-21-18-15-12-9-6-3)82-76(79)70-67-64-61-58-55-52-49-46-43-32-29-26-23-20-17-14-11-8-5-2/h7-8,10-11,16-17,19-20,25-26,28-30,33-34,43,46-47,73H,4-6,9,12-15,18,21-24,27,31-32,35-42,44-45,48-72H2,1-3H3/b10-7-,11-8-,19-16-,20-17-,28-25-,29-26-,34-33-,46-43-,47-30-. The van der Waals surface area contributed by atoms with Crippen molar-refractivity contribution in [2.45, 2.75) is 341 Å². The molecule has 0 aliphatic carbocycles. The first kappa shape index (κ1) is 78.1. The van der Waals surface area contributed by atoms with E-state index in [1.807, 2.05) is 0 Å². The first-order valence-electron chi connectivity index (χ1n) is 34.9. The number of esters is 3. The van der Waals surface area contributed by atoms with Gasteiger partial charge in [-0.1, -0.05) is 304 Å². The quantitative estimate of drug-likeness (QED) is 0.0261. The summed E-state index contributed by atoms with van der Waals surface area (Å²) < 4.78 is 17.0. The third-order valence-electron chi connectivity index (χ3n) is 15.0. The van der Waals surface area contributed by atoms with Crippen LogP contribution in [0.25, 0.3) is 0 Å². The highest BCUT2D eigenvalue weighted by Gasteiger charge is 2.19. The molecule has 0 aromatic heterocycles. The summed E-state index contributed by atoms with van der Waals surface area (Å²) in [6.45, 7) is 6.43. The van der Waals surface area contributed by atoms with Crippen molar-refractivity contribution < 1.29 is 28.6 Å². The Hall–Kier alpha value is -3.93. The minimum Gasteiger partial charge on any atom is -0.462 e. The van der Waals surface area contributed by atoms with E-state index in [-0.39, 0.29) is 31.1 Å². The number of allylic oxidation sites excluding steroid dienone is 18. The zero-order valence-electron chi connectivity index (χ0n) is 54.0. The van der Waals surface area contributed by atoms with Gasteiger partial charge < -0.3 is 14.2 Å². The summed E-state index contributed by atoms with van der Waals surface area (Å²) in [5, 5.41) is 0. The van der Waals surface area contributed by atoms with Gasteiger partial charge in [0, 0.05) is 19.3 Å². The van der Waals surface area contributed by atoms with Gasteiger partial charge in [0.1, 0.15) is 13.2 Å². The van der Waals surface area contributed by atoms with Gasteiger partial charge >= 0.3 is 17.9 Å². The molecule has 1 unspecified atom stereocenters. The molecule has 0 aliphatic heterocycles. The Morgan fingerprint density at radius 3 is 0.756 bits per heavy atom. The molecule has 0 spiro atoms. The molecule has 0 aliphatic rings. The van der Waals surface area contributed by atoms with Gasteiger partial charge in [0.05, 0.1) is 0 Å².